The Balaban J connectivity index is 2.56. The second kappa shape index (κ2) is 4.96. The number of anilines is 1. The first-order chi connectivity index (χ1) is 7.70. The molecule has 82 valence electrons. The predicted octanol–water partition coefficient (Wildman–Crippen LogP) is 2.45. The molecule has 2 rings (SSSR count). The highest BCUT2D eigenvalue weighted by atomic mass is 127. The lowest BCUT2D eigenvalue weighted by Gasteiger charge is -2.04. The van der Waals surface area contributed by atoms with Crippen molar-refractivity contribution in [2.45, 2.75) is 5.16 Å². The monoisotopic (exact) mass is 344 g/mol. The molecular weight excluding hydrogens is 335 g/mol. The summed E-state index contributed by atoms with van der Waals surface area (Å²) in [6, 6.07) is 7.91. The maximum Gasteiger partial charge on any atom is 0.224 e. The van der Waals surface area contributed by atoms with Crippen molar-refractivity contribution < 1.29 is 0 Å². The van der Waals surface area contributed by atoms with Crippen molar-refractivity contribution in [3.8, 4) is 11.4 Å². The van der Waals surface area contributed by atoms with E-state index in [2.05, 4.69) is 37.5 Å². The van der Waals surface area contributed by atoms with Crippen LogP contribution in [-0.4, -0.2) is 21.2 Å². The van der Waals surface area contributed by atoms with Gasteiger partial charge in [-0.2, -0.15) is 9.97 Å². The van der Waals surface area contributed by atoms with Gasteiger partial charge in [-0.05, 0) is 34.9 Å². The minimum Gasteiger partial charge on any atom is -0.368 e. The molecule has 1 heterocycles. The van der Waals surface area contributed by atoms with E-state index >= 15 is 0 Å². The number of rotatable bonds is 2. The fraction of sp³-hybridized carbons (Fsp3) is 0.100. The van der Waals surface area contributed by atoms with E-state index in [1.807, 2.05) is 30.5 Å². The van der Waals surface area contributed by atoms with E-state index in [4.69, 9.17) is 5.73 Å². The molecule has 0 amide bonds. The molecule has 1 aromatic carbocycles. The fourth-order valence-electron chi connectivity index (χ4n) is 1.23. The van der Waals surface area contributed by atoms with Crippen LogP contribution in [0.15, 0.2) is 29.4 Å². The Bertz CT molecular complexity index is 518. The topological polar surface area (TPSA) is 64.7 Å². The SMILES string of the molecule is CSc1nc(N)nc(-c2ccccc2I)n1. The minimum atomic E-state index is 0.258. The van der Waals surface area contributed by atoms with Crippen LogP contribution in [0.4, 0.5) is 5.95 Å². The highest BCUT2D eigenvalue weighted by Gasteiger charge is 2.08. The van der Waals surface area contributed by atoms with E-state index in [0.29, 0.717) is 11.0 Å². The van der Waals surface area contributed by atoms with Gasteiger partial charge >= 0.3 is 0 Å². The Labute approximate surface area is 111 Å². The third-order valence-corrected chi connectivity index (χ3v) is 3.42. The summed E-state index contributed by atoms with van der Waals surface area (Å²) >= 11 is 3.70. The van der Waals surface area contributed by atoms with Crippen LogP contribution in [0.5, 0.6) is 0 Å². The Morgan fingerprint density at radius 1 is 1.19 bits per heavy atom. The molecule has 0 saturated heterocycles. The molecule has 0 atom stereocenters. The molecule has 4 nitrogen and oxygen atoms in total. The number of aromatic nitrogens is 3. The second-order valence-electron chi connectivity index (χ2n) is 2.98. The maximum absolute atomic E-state index is 5.64. The van der Waals surface area contributed by atoms with E-state index < -0.39 is 0 Å². The van der Waals surface area contributed by atoms with Crippen LogP contribution >= 0.6 is 34.4 Å². The summed E-state index contributed by atoms with van der Waals surface area (Å²) in [5, 5.41) is 0.641. The van der Waals surface area contributed by atoms with E-state index in [9.17, 15) is 0 Å². The third-order valence-electron chi connectivity index (χ3n) is 1.93. The lowest BCUT2D eigenvalue weighted by Crippen LogP contribution is -2.01. The van der Waals surface area contributed by atoms with Crippen LogP contribution in [0.25, 0.3) is 11.4 Å². The molecule has 0 saturated carbocycles. The number of halogens is 1. The average Bonchev–Trinajstić information content (AvgIpc) is 2.28. The zero-order chi connectivity index (χ0) is 11.5. The number of hydrogen-bond donors (Lipinski definition) is 1. The largest absolute Gasteiger partial charge is 0.368 e. The van der Waals surface area contributed by atoms with Gasteiger partial charge in [0.25, 0.3) is 0 Å². The van der Waals surface area contributed by atoms with Gasteiger partial charge in [0.2, 0.25) is 5.95 Å². The molecule has 6 heteroatoms. The second-order valence-corrected chi connectivity index (χ2v) is 4.92. The molecule has 2 N–H and O–H groups in total. The summed E-state index contributed by atoms with van der Waals surface area (Å²) in [7, 11) is 0. The van der Waals surface area contributed by atoms with Gasteiger partial charge in [-0.25, -0.2) is 4.98 Å². The summed E-state index contributed by atoms with van der Waals surface area (Å²) in [5.74, 6) is 0.885. The van der Waals surface area contributed by atoms with Crippen LogP contribution in [0.2, 0.25) is 0 Å². The number of thioether (sulfide) groups is 1. The van der Waals surface area contributed by atoms with E-state index in [0.717, 1.165) is 9.13 Å². The van der Waals surface area contributed by atoms with Crippen molar-refractivity contribution in [1.82, 2.24) is 15.0 Å². The number of benzene rings is 1. The number of nitrogen functional groups attached to an aromatic ring is 1. The first-order valence-corrected chi connectivity index (χ1v) is 6.81. The molecule has 1 aromatic heterocycles. The van der Waals surface area contributed by atoms with E-state index in [1.165, 1.54) is 11.8 Å². The predicted molar refractivity (Wildman–Crippen MR) is 74.2 cm³/mol. The molecule has 2 aromatic rings. The summed E-state index contributed by atoms with van der Waals surface area (Å²) < 4.78 is 1.10. The maximum atomic E-state index is 5.64. The Morgan fingerprint density at radius 3 is 2.62 bits per heavy atom. The molecule has 0 aliphatic heterocycles. The van der Waals surface area contributed by atoms with Crippen LogP contribution in [0, 0.1) is 3.57 Å². The van der Waals surface area contributed by atoms with Gasteiger partial charge in [-0.1, -0.05) is 30.0 Å². The van der Waals surface area contributed by atoms with Gasteiger partial charge in [0.15, 0.2) is 11.0 Å². The normalized spacial score (nSPS) is 10.4. The van der Waals surface area contributed by atoms with Gasteiger partial charge in [0.1, 0.15) is 0 Å². The van der Waals surface area contributed by atoms with Gasteiger partial charge in [0.05, 0.1) is 0 Å². The molecule has 0 aliphatic rings. The van der Waals surface area contributed by atoms with Crippen molar-refractivity contribution in [3.63, 3.8) is 0 Å². The molecule has 0 unspecified atom stereocenters. The first-order valence-electron chi connectivity index (χ1n) is 4.51. The molecule has 0 spiro atoms. The number of hydrogen-bond acceptors (Lipinski definition) is 5. The van der Waals surface area contributed by atoms with Gasteiger partial charge in [-0.15, -0.1) is 0 Å². The summed E-state index contributed by atoms with van der Waals surface area (Å²) in [4.78, 5) is 12.5. The lowest BCUT2D eigenvalue weighted by molar-refractivity contribution is 0.927. The number of nitrogens with zero attached hydrogens (tertiary/aromatic N) is 3. The van der Waals surface area contributed by atoms with Gasteiger partial charge in [-0.3, -0.25) is 0 Å². The van der Waals surface area contributed by atoms with E-state index in [-0.39, 0.29) is 5.95 Å². The van der Waals surface area contributed by atoms with Crippen molar-refractivity contribution in [2.75, 3.05) is 12.0 Å². The van der Waals surface area contributed by atoms with Crippen LogP contribution in [-0.2, 0) is 0 Å². The zero-order valence-electron chi connectivity index (χ0n) is 8.51. The van der Waals surface area contributed by atoms with Crippen molar-refractivity contribution in [1.29, 1.82) is 0 Å². The summed E-state index contributed by atoms with van der Waals surface area (Å²) in [6.07, 6.45) is 1.91. The Kier molecular flexibility index (Phi) is 3.59. The highest BCUT2D eigenvalue weighted by Crippen LogP contribution is 2.23. The molecular formula is C10H9IN4S. The third kappa shape index (κ3) is 2.43. The molecule has 0 radical (unpaired) electrons. The van der Waals surface area contributed by atoms with Crippen LogP contribution in [0.3, 0.4) is 0 Å². The van der Waals surface area contributed by atoms with Crippen molar-refractivity contribution in [3.05, 3.63) is 27.8 Å². The van der Waals surface area contributed by atoms with Gasteiger partial charge in [0, 0.05) is 9.13 Å². The van der Waals surface area contributed by atoms with Crippen molar-refractivity contribution in [2.24, 2.45) is 0 Å². The summed E-state index contributed by atoms with van der Waals surface area (Å²) in [6.45, 7) is 0. The van der Waals surface area contributed by atoms with Gasteiger partial charge < -0.3 is 5.73 Å². The standard InChI is InChI=1S/C10H9IN4S/c1-16-10-14-8(13-9(12)15-10)6-4-2-3-5-7(6)11/h2-5H,1H3,(H2,12,13,14,15). The van der Waals surface area contributed by atoms with E-state index in [1.54, 1.807) is 0 Å². The first kappa shape index (κ1) is 11.6. The molecule has 16 heavy (non-hydrogen) atoms. The zero-order valence-corrected chi connectivity index (χ0v) is 11.5. The molecule has 0 bridgehead atoms. The Morgan fingerprint density at radius 2 is 1.94 bits per heavy atom. The fourth-order valence-corrected chi connectivity index (χ4v) is 2.22. The highest BCUT2D eigenvalue weighted by molar-refractivity contribution is 14.1. The smallest absolute Gasteiger partial charge is 0.224 e. The number of nitrogens with two attached hydrogens (primary N) is 1. The van der Waals surface area contributed by atoms with Crippen molar-refractivity contribution >= 4 is 40.3 Å². The summed E-state index contributed by atoms with van der Waals surface area (Å²) in [5.41, 5.74) is 6.62. The average molecular weight is 344 g/mol. The minimum absolute atomic E-state index is 0.258. The molecule has 0 aliphatic carbocycles. The van der Waals surface area contributed by atoms with Crippen LogP contribution in [0.1, 0.15) is 0 Å². The molecule has 0 fully saturated rings. The quantitative estimate of drug-likeness (QED) is 0.670. The lowest BCUT2D eigenvalue weighted by atomic mass is 10.2. The van der Waals surface area contributed by atoms with Crippen LogP contribution < -0.4 is 5.73 Å². The Hall–Kier alpha value is -0.890.